The van der Waals surface area contributed by atoms with Crippen LogP contribution in [0.15, 0.2) is 53.1 Å². The SMILES string of the molecule is CCC[C@@H](Cc1ccc(-c2cc(F)ccc2OC)cc1)NC(=O)c1cnc(CC)o1. The molecule has 158 valence electrons. The summed E-state index contributed by atoms with van der Waals surface area (Å²) >= 11 is 0. The molecule has 0 aliphatic rings. The molecule has 1 atom stereocenters. The molecule has 5 nitrogen and oxygen atoms in total. The molecule has 1 aromatic heterocycles. The zero-order chi connectivity index (χ0) is 21.5. The molecule has 0 saturated heterocycles. The number of methoxy groups -OCH3 is 1. The van der Waals surface area contributed by atoms with Gasteiger partial charge in [0.15, 0.2) is 5.89 Å². The van der Waals surface area contributed by atoms with E-state index in [1.165, 1.54) is 18.3 Å². The lowest BCUT2D eigenvalue weighted by molar-refractivity contribution is 0.0905. The molecule has 0 radical (unpaired) electrons. The minimum absolute atomic E-state index is 0.0211. The van der Waals surface area contributed by atoms with Gasteiger partial charge in [0.1, 0.15) is 11.6 Å². The van der Waals surface area contributed by atoms with Crippen molar-refractivity contribution in [1.82, 2.24) is 10.3 Å². The molecular formula is C24H27FN2O3. The van der Waals surface area contributed by atoms with Crippen LogP contribution in [0.2, 0.25) is 0 Å². The summed E-state index contributed by atoms with van der Waals surface area (Å²) in [6.07, 6.45) is 4.60. The van der Waals surface area contributed by atoms with Gasteiger partial charge in [0, 0.05) is 18.0 Å². The average Bonchev–Trinajstić information content (AvgIpc) is 3.24. The molecule has 30 heavy (non-hydrogen) atoms. The van der Waals surface area contributed by atoms with E-state index in [-0.39, 0.29) is 23.5 Å². The topological polar surface area (TPSA) is 64.4 Å². The summed E-state index contributed by atoms with van der Waals surface area (Å²) in [4.78, 5) is 16.6. The minimum Gasteiger partial charge on any atom is -0.496 e. The molecule has 6 heteroatoms. The number of ether oxygens (including phenoxy) is 1. The predicted octanol–water partition coefficient (Wildman–Crippen LogP) is 5.19. The maximum absolute atomic E-state index is 13.7. The Morgan fingerprint density at radius 2 is 1.97 bits per heavy atom. The Hall–Kier alpha value is -3.15. The van der Waals surface area contributed by atoms with E-state index in [9.17, 15) is 9.18 Å². The molecule has 0 bridgehead atoms. The van der Waals surface area contributed by atoms with Gasteiger partial charge in [0.05, 0.1) is 13.3 Å². The first kappa shape index (κ1) is 21.6. The van der Waals surface area contributed by atoms with Crippen molar-refractivity contribution >= 4 is 5.91 Å². The smallest absolute Gasteiger partial charge is 0.288 e. The van der Waals surface area contributed by atoms with Crippen molar-refractivity contribution in [3.05, 3.63) is 71.7 Å². The number of rotatable bonds is 9. The first-order valence-electron chi connectivity index (χ1n) is 10.2. The number of nitrogens with one attached hydrogen (secondary N) is 1. The molecule has 0 spiro atoms. The van der Waals surface area contributed by atoms with E-state index in [1.54, 1.807) is 13.2 Å². The fourth-order valence-corrected chi connectivity index (χ4v) is 3.42. The Labute approximate surface area is 176 Å². The summed E-state index contributed by atoms with van der Waals surface area (Å²) in [5, 5.41) is 3.05. The molecule has 1 heterocycles. The average molecular weight is 410 g/mol. The van der Waals surface area contributed by atoms with Gasteiger partial charge < -0.3 is 14.5 Å². The number of halogens is 1. The van der Waals surface area contributed by atoms with E-state index < -0.39 is 0 Å². The second-order valence-corrected chi connectivity index (χ2v) is 7.18. The summed E-state index contributed by atoms with van der Waals surface area (Å²) in [6.45, 7) is 4.01. The lowest BCUT2D eigenvalue weighted by Gasteiger charge is -2.18. The van der Waals surface area contributed by atoms with Crippen molar-refractivity contribution in [2.75, 3.05) is 7.11 Å². The molecule has 0 aliphatic heterocycles. The Balaban J connectivity index is 1.71. The predicted molar refractivity (Wildman–Crippen MR) is 114 cm³/mol. The molecule has 0 saturated carbocycles. The van der Waals surface area contributed by atoms with Crippen LogP contribution in [0.4, 0.5) is 4.39 Å². The molecule has 3 aromatic rings. The quantitative estimate of drug-likeness (QED) is 0.527. The zero-order valence-corrected chi connectivity index (χ0v) is 17.6. The highest BCUT2D eigenvalue weighted by molar-refractivity contribution is 5.91. The lowest BCUT2D eigenvalue weighted by atomic mass is 9.98. The molecule has 2 aromatic carbocycles. The number of carbonyl (C=O) groups excluding carboxylic acids is 1. The molecule has 0 unspecified atom stereocenters. The van der Waals surface area contributed by atoms with E-state index in [0.717, 1.165) is 24.0 Å². The highest BCUT2D eigenvalue weighted by Gasteiger charge is 2.17. The second-order valence-electron chi connectivity index (χ2n) is 7.18. The van der Waals surface area contributed by atoms with Crippen LogP contribution in [0, 0.1) is 5.82 Å². The first-order chi connectivity index (χ1) is 14.5. The third-order valence-corrected chi connectivity index (χ3v) is 4.96. The van der Waals surface area contributed by atoms with E-state index >= 15 is 0 Å². The van der Waals surface area contributed by atoms with Crippen LogP contribution in [0.25, 0.3) is 11.1 Å². The Bertz CT molecular complexity index is 982. The summed E-state index contributed by atoms with van der Waals surface area (Å²) < 4.78 is 24.5. The van der Waals surface area contributed by atoms with Gasteiger partial charge in [-0.05, 0) is 42.2 Å². The van der Waals surface area contributed by atoms with Gasteiger partial charge >= 0.3 is 0 Å². The van der Waals surface area contributed by atoms with Crippen molar-refractivity contribution < 1.29 is 18.3 Å². The highest BCUT2D eigenvalue weighted by Crippen LogP contribution is 2.31. The van der Waals surface area contributed by atoms with Crippen molar-refractivity contribution in [3.8, 4) is 16.9 Å². The van der Waals surface area contributed by atoms with Crippen molar-refractivity contribution in [1.29, 1.82) is 0 Å². The van der Waals surface area contributed by atoms with Gasteiger partial charge in [-0.15, -0.1) is 0 Å². The van der Waals surface area contributed by atoms with Crippen molar-refractivity contribution in [2.24, 2.45) is 0 Å². The van der Waals surface area contributed by atoms with Gasteiger partial charge in [-0.1, -0.05) is 44.5 Å². The Morgan fingerprint density at radius 3 is 2.60 bits per heavy atom. The molecule has 1 amide bonds. The number of hydrogen-bond acceptors (Lipinski definition) is 4. The van der Waals surface area contributed by atoms with Gasteiger partial charge in [0.25, 0.3) is 5.91 Å². The van der Waals surface area contributed by atoms with Crippen molar-refractivity contribution in [3.63, 3.8) is 0 Å². The van der Waals surface area contributed by atoms with Crippen LogP contribution in [0.1, 0.15) is 48.7 Å². The monoisotopic (exact) mass is 410 g/mol. The van der Waals surface area contributed by atoms with Crippen LogP contribution >= 0.6 is 0 Å². The number of amides is 1. The third-order valence-electron chi connectivity index (χ3n) is 4.96. The molecule has 0 fully saturated rings. The number of oxazole rings is 1. The van der Waals surface area contributed by atoms with E-state index in [1.807, 2.05) is 31.2 Å². The summed E-state index contributed by atoms with van der Waals surface area (Å²) in [7, 11) is 1.57. The molecular weight excluding hydrogens is 383 g/mol. The standard InChI is InChI=1S/C24H27FN2O3/c1-4-6-19(27-24(28)22-15-26-23(5-2)30-22)13-16-7-9-17(10-8-16)20-14-18(25)11-12-21(20)29-3/h7-12,14-15,19H,4-6,13H2,1-3H3,(H,27,28)/t19-/m0/s1. The van der Waals surface area contributed by atoms with Gasteiger partial charge in [-0.2, -0.15) is 0 Å². The van der Waals surface area contributed by atoms with Crippen LogP contribution in [0.5, 0.6) is 5.75 Å². The normalized spacial score (nSPS) is 11.9. The molecule has 3 rings (SSSR count). The molecule has 1 N–H and O–H groups in total. The van der Waals surface area contributed by atoms with Crippen LogP contribution in [-0.4, -0.2) is 24.0 Å². The van der Waals surface area contributed by atoms with Crippen LogP contribution < -0.4 is 10.1 Å². The van der Waals surface area contributed by atoms with E-state index in [4.69, 9.17) is 9.15 Å². The van der Waals surface area contributed by atoms with Crippen molar-refractivity contribution in [2.45, 2.75) is 45.6 Å². The van der Waals surface area contributed by atoms with Crippen LogP contribution in [-0.2, 0) is 12.8 Å². The largest absolute Gasteiger partial charge is 0.496 e. The number of aromatic nitrogens is 1. The number of nitrogens with zero attached hydrogens (tertiary/aromatic N) is 1. The fourth-order valence-electron chi connectivity index (χ4n) is 3.42. The number of hydrogen-bond donors (Lipinski definition) is 1. The summed E-state index contributed by atoms with van der Waals surface area (Å²) in [5.41, 5.74) is 2.67. The van der Waals surface area contributed by atoms with Gasteiger partial charge in [-0.3, -0.25) is 4.79 Å². The second kappa shape index (κ2) is 10.1. The van der Waals surface area contributed by atoms with Gasteiger partial charge in [0.2, 0.25) is 5.76 Å². The summed E-state index contributed by atoms with van der Waals surface area (Å²) in [6, 6.07) is 12.3. The fraction of sp³-hybridized carbons (Fsp3) is 0.333. The van der Waals surface area contributed by atoms with Gasteiger partial charge in [-0.25, -0.2) is 9.37 Å². The highest BCUT2D eigenvalue weighted by atomic mass is 19.1. The number of benzene rings is 2. The van der Waals surface area contributed by atoms with Crippen LogP contribution in [0.3, 0.4) is 0 Å². The lowest BCUT2D eigenvalue weighted by Crippen LogP contribution is -2.36. The number of carbonyl (C=O) groups is 1. The van der Waals surface area contributed by atoms with E-state index in [2.05, 4.69) is 17.2 Å². The Morgan fingerprint density at radius 1 is 1.20 bits per heavy atom. The maximum Gasteiger partial charge on any atom is 0.288 e. The third kappa shape index (κ3) is 5.26. The maximum atomic E-state index is 13.7. The summed E-state index contributed by atoms with van der Waals surface area (Å²) in [5.74, 6) is 0.858. The number of aryl methyl sites for hydroxylation is 1. The first-order valence-corrected chi connectivity index (χ1v) is 10.2. The van der Waals surface area contributed by atoms with E-state index in [0.29, 0.717) is 30.0 Å². The molecule has 0 aliphatic carbocycles. The Kier molecular flexibility index (Phi) is 7.22. The minimum atomic E-state index is -0.306. The zero-order valence-electron chi connectivity index (χ0n) is 17.6.